The maximum atomic E-state index is 12.7. The third-order valence-corrected chi connectivity index (χ3v) is 4.36. The number of carbonyl (C=O) groups excluding carboxylic acids is 2. The van der Waals surface area contributed by atoms with Gasteiger partial charge in [0, 0.05) is 23.6 Å². The second-order valence-electron chi connectivity index (χ2n) is 5.62. The Balaban J connectivity index is 1.99. The predicted octanol–water partition coefficient (Wildman–Crippen LogP) is 4.02. The van der Waals surface area contributed by atoms with Gasteiger partial charge in [-0.05, 0) is 31.2 Å². The van der Waals surface area contributed by atoms with Crippen LogP contribution in [0.2, 0.25) is 5.02 Å². The van der Waals surface area contributed by atoms with Crippen molar-refractivity contribution in [2.45, 2.75) is 6.92 Å². The van der Waals surface area contributed by atoms with Crippen LogP contribution in [0.25, 0.3) is 11.0 Å². The quantitative estimate of drug-likeness (QED) is 0.725. The molecule has 3 aromatic rings. The molecule has 0 unspecified atom stereocenters. The van der Waals surface area contributed by atoms with Crippen molar-refractivity contribution in [2.24, 2.45) is 0 Å². The van der Waals surface area contributed by atoms with Crippen molar-refractivity contribution in [3.63, 3.8) is 0 Å². The molecular formula is C19H17ClN2O4. The van der Waals surface area contributed by atoms with Crippen molar-refractivity contribution in [1.82, 2.24) is 5.32 Å². The van der Waals surface area contributed by atoms with E-state index in [0.29, 0.717) is 33.2 Å². The number of amides is 2. The smallest absolute Gasteiger partial charge is 0.291 e. The summed E-state index contributed by atoms with van der Waals surface area (Å²) in [6.45, 7) is 1.79. The molecule has 134 valence electrons. The molecule has 0 aliphatic heterocycles. The predicted molar refractivity (Wildman–Crippen MR) is 100 cm³/mol. The number of rotatable bonds is 4. The van der Waals surface area contributed by atoms with Gasteiger partial charge in [-0.3, -0.25) is 9.59 Å². The number of carbonyl (C=O) groups is 2. The highest BCUT2D eigenvalue weighted by atomic mass is 35.5. The van der Waals surface area contributed by atoms with Crippen LogP contribution in [0.3, 0.4) is 0 Å². The van der Waals surface area contributed by atoms with Gasteiger partial charge in [-0.2, -0.15) is 0 Å². The molecule has 7 heteroatoms. The average Bonchev–Trinajstić information content (AvgIpc) is 2.99. The van der Waals surface area contributed by atoms with Gasteiger partial charge in [0.2, 0.25) is 0 Å². The van der Waals surface area contributed by atoms with Gasteiger partial charge in [-0.15, -0.1) is 0 Å². The van der Waals surface area contributed by atoms with E-state index in [-0.39, 0.29) is 11.7 Å². The number of para-hydroxylation sites is 1. The van der Waals surface area contributed by atoms with Gasteiger partial charge in [-0.1, -0.05) is 23.7 Å². The van der Waals surface area contributed by atoms with Gasteiger partial charge >= 0.3 is 0 Å². The zero-order valence-corrected chi connectivity index (χ0v) is 15.2. The van der Waals surface area contributed by atoms with Gasteiger partial charge in [0.1, 0.15) is 5.75 Å². The van der Waals surface area contributed by atoms with Crippen molar-refractivity contribution in [1.29, 1.82) is 0 Å². The van der Waals surface area contributed by atoms with Gasteiger partial charge in [0.25, 0.3) is 11.8 Å². The van der Waals surface area contributed by atoms with E-state index in [1.165, 1.54) is 14.2 Å². The maximum Gasteiger partial charge on any atom is 0.291 e. The molecule has 0 aliphatic carbocycles. The Bertz CT molecular complexity index is 1010. The van der Waals surface area contributed by atoms with Crippen LogP contribution in [0.15, 0.2) is 40.8 Å². The molecule has 1 heterocycles. The molecule has 0 saturated carbocycles. The van der Waals surface area contributed by atoms with Crippen LogP contribution in [0.1, 0.15) is 26.5 Å². The van der Waals surface area contributed by atoms with E-state index < -0.39 is 5.91 Å². The van der Waals surface area contributed by atoms with Crippen LogP contribution in [0.4, 0.5) is 5.69 Å². The molecule has 0 atom stereocenters. The normalized spacial score (nSPS) is 10.6. The molecule has 0 fully saturated rings. The molecule has 3 rings (SSSR count). The summed E-state index contributed by atoms with van der Waals surface area (Å²) < 4.78 is 10.9. The molecule has 2 N–H and O–H groups in total. The molecule has 0 bridgehead atoms. The lowest BCUT2D eigenvalue weighted by atomic mass is 10.1. The SMILES string of the molecule is CNC(=O)c1ccc(OC)c(NC(=O)c2oc3c(Cl)cccc3c2C)c1. The fourth-order valence-corrected chi connectivity index (χ4v) is 2.91. The number of aryl methyl sites for hydroxylation is 1. The van der Waals surface area contributed by atoms with Gasteiger partial charge < -0.3 is 19.8 Å². The van der Waals surface area contributed by atoms with Crippen molar-refractivity contribution < 1.29 is 18.7 Å². The largest absolute Gasteiger partial charge is 0.495 e. The summed E-state index contributed by atoms with van der Waals surface area (Å²) in [6, 6.07) is 10.1. The third-order valence-electron chi connectivity index (χ3n) is 4.06. The molecule has 1 aromatic heterocycles. The summed E-state index contributed by atoms with van der Waals surface area (Å²) in [7, 11) is 3.02. The monoisotopic (exact) mass is 372 g/mol. The van der Waals surface area contributed by atoms with E-state index in [0.717, 1.165) is 5.39 Å². The van der Waals surface area contributed by atoms with Crippen molar-refractivity contribution >= 4 is 40.1 Å². The van der Waals surface area contributed by atoms with Crippen LogP contribution >= 0.6 is 11.6 Å². The van der Waals surface area contributed by atoms with E-state index in [9.17, 15) is 9.59 Å². The van der Waals surface area contributed by atoms with E-state index in [1.807, 2.05) is 6.07 Å². The minimum atomic E-state index is -0.456. The summed E-state index contributed by atoms with van der Waals surface area (Å²) in [6.07, 6.45) is 0. The van der Waals surface area contributed by atoms with E-state index in [2.05, 4.69) is 10.6 Å². The highest BCUT2D eigenvalue weighted by Gasteiger charge is 2.20. The molecule has 0 radical (unpaired) electrons. The van der Waals surface area contributed by atoms with Crippen LogP contribution < -0.4 is 15.4 Å². The Labute approximate surface area is 155 Å². The molecular weight excluding hydrogens is 356 g/mol. The highest BCUT2D eigenvalue weighted by Crippen LogP contribution is 2.32. The number of halogens is 1. The number of ether oxygens (including phenoxy) is 1. The fraction of sp³-hybridized carbons (Fsp3) is 0.158. The molecule has 6 nitrogen and oxygen atoms in total. The topological polar surface area (TPSA) is 80.6 Å². The number of hydrogen-bond acceptors (Lipinski definition) is 4. The first kappa shape index (κ1) is 17.8. The summed E-state index contributed by atoms with van der Waals surface area (Å²) in [4.78, 5) is 24.6. The van der Waals surface area contributed by atoms with Crippen LogP contribution in [-0.2, 0) is 0 Å². The number of methoxy groups -OCH3 is 1. The van der Waals surface area contributed by atoms with E-state index in [1.54, 1.807) is 37.3 Å². The summed E-state index contributed by atoms with van der Waals surface area (Å²) in [5, 5.41) is 6.48. The van der Waals surface area contributed by atoms with Gasteiger partial charge in [0.15, 0.2) is 11.3 Å². The lowest BCUT2D eigenvalue weighted by molar-refractivity contribution is 0.0960. The summed E-state index contributed by atoms with van der Waals surface area (Å²) in [5.41, 5.74) is 1.90. The van der Waals surface area contributed by atoms with E-state index >= 15 is 0 Å². The maximum absolute atomic E-state index is 12.7. The van der Waals surface area contributed by atoms with Gasteiger partial charge in [0.05, 0.1) is 17.8 Å². The lowest BCUT2D eigenvalue weighted by Crippen LogP contribution is -2.19. The van der Waals surface area contributed by atoms with Crippen molar-refractivity contribution in [2.75, 3.05) is 19.5 Å². The van der Waals surface area contributed by atoms with Crippen molar-refractivity contribution in [3.8, 4) is 5.75 Å². The number of anilines is 1. The molecule has 0 saturated heterocycles. The van der Waals surface area contributed by atoms with Crippen LogP contribution in [0, 0.1) is 6.92 Å². The molecule has 0 aliphatic rings. The fourth-order valence-electron chi connectivity index (χ4n) is 2.70. The minimum absolute atomic E-state index is 0.153. The minimum Gasteiger partial charge on any atom is -0.495 e. The number of furan rings is 1. The van der Waals surface area contributed by atoms with Crippen LogP contribution in [-0.4, -0.2) is 26.0 Å². The number of hydrogen-bond donors (Lipinski definition) is 2. The first-order valence-corrected chi connectivity index (χ1v) is 8.23. The first-order chi connectivity index (χ1) is 12.5. The molecule has 2 amide bonds. The van der Waals surface area contributed by atoms with Gasteiger partial charge in [-0.25, -0.2) is 0 Å². The number of fused-ring (bicyclic) bond motifs is 1. The number of nitrogens with one attached hydrogen (secondary N) is 2. The zero-order chi connectivity index (χ0) is 18.8. The average molecular weight is 373 g/mol. The summed E-state index contributed by atoms with van der Waals surface area (Å²) in [5.74, 6) is -0.143. The van der Waals surface area contributed by atoms with Crippen LogP contribution in [0.5, 0.6) is 5.75 Å². The first-order valence-electron chi connectivity index (χ1n) is 7.85. The zero-order valence-electron chi connectivity index (χ0n) is 14.5. The van der Waals surface area contributed by atoms with E-state index in [4.69, 9.17) is 20.8 Å². The Morgan fingerprint density at radius 1 is 1.15 bits per heavy atom. The second-order valence-corrected chi connectivity index (χ2v) is 6.03. The highest BCUT2D eigenvalue weighted by molar-refractivity contribution is 6.35. The Hall–Kier alpha value is -2.99. The second kappa shape index (κ2) is 7.09. The standard InChI is InChI=1S/C19H17ClN2O4/c1-10-12-5-4-6-13(20)17(12)26-16(10)19(24)22-14-9-11(18(23)21-2)7-8-15(14)25-3/h4-9H,1-3H3,(H,21,23)(H,22,24). The Morgan fingerprint density at radius 3 is 2.58 bits per heavy atom. The Morgan fingerprint density at radius 2 is 1.92 bits per heavy atom. The molecule has 2 aromatic carbocycles. The van der Waals surface area contributed by atoms with Crippen molar-refractivity contribution in [3.05, 3.63) is 58.3 Å². The molecule has 0 spiro atoms. The summed E-state index contributed by atoms with van der Waals surface area (Å²) >= 11 is 6.14. The lowest BCUT2D eigenvalue weighted by Gasteiger charge is -2.11. The number of benzene rings is 2. The Kier molecular flexibility index (Phi) is 4.86. The molecule has 26 heavy (non-hydrogen) atoms. The third kappa shape index (κ3) is 3.11.